The zero-order chi connectivity index (χ0) is 19.0. The van der Waals surface area contributed by atoms with Crippen molar-refractivity contribution in [3.8, 4) is 0 Å². The first kappa shape index (κ1) is 20.8. The van der Waals surface area contributed by atoms with Gasteiger partial charge in [-0.3, -0.25) is 9.05 Å². The molecule has 0 aliphatic rings. The summed E-state index contributed by atoms with van der Waals surface area (Å²) in [6.07, 6.45) is 0. The number of rotatable bonds is 10. The first-order chi connectivity index (χ1) is 12.4. The van der Waals surface area contributed by atoms with Gasteiger partial charge in [0.25, 0.3) is 0 Å². The lowest BCUT2D eigenvalue weighted by molar-refractivity contribution is 0.0971. The molecule has 26 heavy (non-hydrogen) atoms. The minimum atomic E-state index is -3.54. The molecule has 1 N–H and O–H groups in total. The van der Waals surface area contributed by atoms with Crippen LogP contribution in [-0.2, 0) is 26.8 Å². The minimum absolute atomic E-state index is 0.143. The van der Waals surface area contributed by atoms with E-state index in [4.69, 9.17) is 9.05 Å². The fourth-order valence-electron chi connectivity index (χ4n) is 2.53. The second-order valence-electron chi connectivity index (χ2n) is 6.71. The molecule has 2 aromatic carbocycles. The summed E-state index contributed by atoms with van der Waals surface area (Å²) in [6, 6.07) is 19.6. The second-order valence-corrected chi connectivity index (χ2v) is 8.42. The molecule has 6 heteroatoms. The van der Waals surface area contributed by atoms with E-state index < -0.39 is 7.75 Å². The number of hydrazine groups is 1. The molecule has 0 heterocycles. The van der Waals surface area contributed by atoms with Gasteiger partial charge in [-0.1, -0.05) is 60.7 Å². The second kappa shape index (κ2) is 10.0. The highest BCUT2D eigenvalue weighted by Gasteiger charge is 2.30. The van der Waals surface area contributed by atoms with Crippen LogP contribution in [0.1, 0.15) is 38.8 Å². The van der Waals surface area contributed by atoms with Crippen molar-refractivity contribution in [2.75, 3.05) is 0 Å². The number of hydrogen-bond acceptors (Lipinski definition) is 4. The third-order valence-electron chi connectivity index (χ3n) is 3.84. The molecule has 2 aromatic rings. The lowest BCUT2D eigenvalue weighted by atomic mass is 10.2. The van der Waals surface area contributed by atoms with Crippen LogP contribution >= 0.6 is 7.75 Å². The smallest absolute Gasteiger partial charge is 0.291 e. The molecule has 0 aromatic heterocycles. The van der Waals surface area contributed by atoms with Crippen LogP contribution in [0.25, 0.3) is 0 Å². The monoisotopic (exact) mass is 376 g/mol. The van der Waals surface area contributed by atoms with E-state index in [-0.39, 0.29) is 25.3 Å². The number of hydrogen-bond donors (Lipinski definition) is 1. The fraction of sp³-hybridized carbons (Fsp3) is 0.400. The van der Waals surface area contributed by atoms with Gasteiger partial charge in [0.15, 0.2) is 0 Å². The molecule has 0 bridgehead atoms. The molecular weight excluding hydrogens is 347 g/mol. The standard InChI is InChI=1S/C20H29N2O3P/c1-17(2)22(18(3)4)21-26(23,24-15-19-11-7-5-8-12-19)25-16-20-13-9-6-10-14-20/h5-14,17-18H,15-16H2,1-4H3,(H,21,23). The summed E-state index contributed by atoms with van der Waals surface area (Å²) in [6.45, 7) is 8.56. The van der Waals surface area contributed by atoms with Gasteiger partial charge in [0.1, 0.15) is 0 Å². The largest absolute Gasteiger partial charge is 0.419 e. The summed E-state index contributed by atoms with van der Waals surface area (Å²) in [4.78, 5) is 0. The van der Waals surface area contributed by atoms with Gasteiger partial charge in [-0.05, 0) is 38.8 Å². The van der Waals surface area contributed by atoms with E-state index in [1.54, 1.807) is 0 Å². The highest BCUT2D eigenvalue weighted by molar-refractivity contribution is 7.51. The molecule has 0 amide bonds. The third kappa shape index (κ3) is 6.67. The van der Waals surface area contributed by atoms with Crippen molar-refractivity contribution in [1.29, 1.82) is 0 Å². The van der Waals surface area contributed by atoms with Gasteiger partial charge < -0.3 is 0 Å². The summed E-state index contributed by atoms with van der Waals surface area (Å²) in [5.41, 5.74) is 1.89. The van der Waals surface area contributed by atoms with Crippen molar-refractivity contribution in [2.45, 2.75) is 53.0 Å². The predicted octanol–water partition coefficient (Wildman–Crippen LogP) is 5.15. The topological polar surface area (TPSA) is 50.8 Å². The number of benzene rings is 2. The van der Waals surface area contributed by atoms with Gasteiger partial charge in [0, 0.05) is 12.1 Å². The van der Waals surface area contributed by atoms with E-state index >= 15 is 0 Å². The van der Waals surface area contributed by atoms with Gasteiger partial charge in [-0.2, -0.15) is 5.20 Å². The Morgan fingerprint density at radius 2 is 1.19 bits per heavy atom. The molecule has 142 valence electrons. The third-order valence-corrected chi connectivity index (χ3v) is 5.25. The highest BCUT2D eigenvalue weighted by Crippen LogP contribution is 2.46. The maximum atomic E-state index is 13.4. The molecule has 0 saturated carbocycles. The number of nitrogens with one attached hydrogen (secondary N) is 1. The summed E-state index contributed by atoms with van der Waals surface area (Å²) in [7, 11) is -3.54. The van der Waals surface area contributed by atoms with Crippen LogP contribution in [0.2, 0.25) is 0 Å². The van der Waals surface area contributed by atoms with E-state index in [0.29, 0.717) is 0 Å². The predicted molar refractivity (Wildman–Crippen MR) is 105 cm³/mol. The van der Waals surface area contributed by atoms with Gasteiger partial charge in [-0.15, -0.1) is 0 Å². The van der Waals surface area contributed by atoms with Crippen LogP contribution in [0.5, 0.6) is 0 Å². The van der Waals surface area contributed by atoms with Crippen LogP contribution in [0.15, 0.2) is 60.7 Å². The Morgan fingerprint density at radius 3 is 1.54 bits per heavy atom. The Bertz CT molecular complexity index is 637. The molecule has 0 atom stereocenters. The first-order valence-electron chi connectivity index (χ1n) is 8.93. The average molecular weight is 376 g/mol. The summed E-state index contributed by atoms with van der Waals surface area (Å²) >= 11 is 0. The van der Waals surface area contributed by atoms with Gasteiger partial charge in [0.2, 0.25) is 0 Å². The zero-order valence-corrected chi connectivity index (χ0v) is 16.9. The van der Waals surface area contributed by atoms with E-state index in [2.05, 4.69) is 5.20 Å². The SMILES string of the molecule is CC(C)N(NP(=O)(OCc1ccccc1)OCc1ccccc1)C(C)C. The van der Waals surface area contributed by atoms with Gasteiger partial charge >= 0.3 is 7.75 Å². The van der Waals surface area contributed by atoms with Gasteiger partial charge in [0.05, 0.1) is 13.2 Å². The zero-order valence-electron chi connectivity index (χ0n) is 16.0. The summed E-state index contributed by atoms with van der Waals surface area (Å²) in [5, 5.41) is 4.91. The van der Waals surface area contributed by atoms with Crippen LogP contribution in [-0.4, -0.2) is 17.1 Å². The molecule has 0 radical (unpaired) electrons. The fourth-order valence-corrected chi connectivity index (χ4v) is 4.10. The maximum Gasteiger partial charge on any atom is 0.419 e. The van der Waals surface area contributed by atoms with Crippen LogP contribution in [0.3, 0.4) is 0 Å². The maximum absolute atomic E-state index is 13.4. The quantitative estimate of drug-likeness (QED) is 0.459. The van der Waals surface area contributed by atoms with E-state index in [0.717, 1.165) is 11.1 Å². The Kier molecular flexibility index (Phi) is 8.01. The molecular formula is C20H29N2O3P. The van der Waals surface area contributed by atoms with Crippen LogP contribution < -0.4 is 5.20 Å². The lowest BCUT2D eigenvalue weighted by Gasteiger charge is -2.33. The molecule has 0 aliphatic heterocycles. The number of nitrogens with zero attached hydrogens (tertiary/aromatic N) is 1. The Morgan fingerprint density at radius 1 is 0.808 bits per heavy atom. The summed E-state index contributed by atoms with van der Waals surface area (Å²) in [5.74, 6) is 0. The Balaban J connectivity index is 2.11. The minimum Gasteiger partial charge on any atom is -0.291 e. The van der Waals surface area contributed by atoms with Crippen molar-refractivity contribution >= 4 is 7.75 Å². The molecule has 0 spiro atoms. The highest BCUT2D eigenvalue weighted by atomic mass is 31.2. The molecule has 0 aliphatic carbocycles. The van der Waals surface area contributed by atoms with Gasteiger partial charge in [-0.25, -0.2) is 9.57 Å². The van der Waals surface area contributed by atoms with Crippen molar-refractivity contribution in [3.63, 3.8) is 0 Å². The summed E-state index contributed by atoms with van der Waals surface area (Å²) < 4.78 is 24.9. The first-order valence-corrected chi connectivity index (χ1v) is 10.5. The molecule has 0 unspecified atom stereocenters. The lowest BCUT2D eigenvalue weighted by Crippen LogP contribution is -2.46. The van der Waals surface area contributed by atoms with E-state index in [1.807, 2.05) is 93.4 Å². The molecule has 0 saturated heterocycles. The molecule has 2 rings (SSSR count). The Hall–Kier alpha value is -1.49. The normalized spacial score (nSPS) is 12.3. The van der Waals surface area contributed by atoms with Crippen LogP contribution in [0, 0.1) is 0 Å². The molecule has 0 fully saturated rings. The van der Waals surface area contributed by atoms with Crippen molar-refractivity contribution in [2.24, 2.45) is 0 Å². The van der Waals surface area contributed by atoms with Crippen molar-refractivity contribution in [3.05, 3.63) is 71.8 Å². The Labute approximate surface area is 156 Å². The molecule has 5 nitrogen and oxygen atoms in total. The van der Waals surface area contributed by atoms with Crippen molar-refractivity contribution in [1.82, 2.24) is 10.2 Å². The van der Waals surface area contributed by atoms with E-state index in [9.17, 15) is 4.57 Å². The van der Waals surface area contributed by atoms with Crippen molar-refractivity contribution < 1.29 is 13.6 Å². The van der Waals surface area contributed by atoms with Crippen LogP contribution in [0.4, 0.5) is 0 Å². The van der Waals surface area contributed by atoms with E-state index in [1.165, 1.54) is 0 Å². The average Bonchev–Trinajstić information content (AvgIpc) is 2.64.